The molecular weight excluding hydrogens is 440 g/mol. The molecule has 176 valence electrons. The Kier molecular flexibility index (Phi) is 4.07. The van der Waals surface area contributed by atoms with Gasteiger partial charge in [-0.1, -0.05) is 18.2 Å². The minimum absolute atomic E-state index is 0.00530. The lowest BCUT2D eigenvalue weighted by Crippen LogP contribution is -2.69. The fourth-order valence-corrected chi connectivity index (χ4v) is 6.92. The van der Waals surface area contributed by atoms with E-state index in [0.29, 0.717) is 13.0 Å². The van der Waals surface area contributed by atoms with Crippen LogP contribution in [0.3, 0.4) is 0 Å². The average Bonchev–Trinajstić information content (AvgIpc) is 3.20. The summed E-state index contributed by atoms with van der Waals surface area (Å²) in [5.74, 6) is -0.485. The summed E-state index contributed by atoms with van der Waals surface area (Å²) in [5, 5.41) is 17.4. The number of aliphatic carboxylic acids is 1. The molecule has 4 saturated carbocycles. The fraction of sp³-hybridized carbons (Fsp3) is 0.357. The predicted octanol–water partition coefficient (Wildman–Crippen LogP) is 5.08. The van der Waals surface area contributed by atoms with Crippen LogP contribution in [0.4, 0.5) is 0 Å². The Hall–Kier alpha value is -3.74. The van der Waals surface area contributed by atoms with Gasteiger partial charge in [0.25, 0.3) is 0 Å². The third-order valence-electron chi connectivity index (χ3n) is 9.04. The van der Waals surface area contributed by atoms with E-state index in [0.717, 1.165) is 65.4 Å². The van der Waals surface area contributed by atoms with Gasteiger partial charge in [-0.2, -0.15) is 5.10 Å². The highest BCUT2D eigenvalue weighted by Crippen LogP contribution is 2.85. The van der Waals surface area contributed by atoms with Gasteiger partial charge in [0, 0.05) is 47.1 Å². The first-order valence-electron chi connectivity index (χ1n) is 12.2. The third-order valence-corrected chi connectivity index (χ3v) is 9.04. The molecule has 0 aliphatic heterocycles. The van der Waals surface area contributed by atoms with E-state index in [4.69, 9.17) is 0 Å². The van der Waals surface area contributed by atoms with Crippen molar-refractivity contribution in [3.63, 3.8) is 0 Å². The van der Waals surface area contributed by atoms with Crippen LogP contribution >= 0.6 is 0 Å². The molecule has 2 bridgehead atoms. The molecule has 4 aliphatic carbocycles. The van der Waals surface area contributed by atoms with Gasteiger partial charge in [0.05, 0.1) is 29.4 Å². The van der Waals surface area contributed by atoms with Gasteiger partial charge in [-0.15, -0.1) is 0 Å². The number of nitrogens with one attached hydrogen (secondary N) is 1. The minimum Gasteiger partial charge on any atom is -0.481 e. The number of nitrogens with zero attached hydrogens (tertiary/aromatic N) is 3. The zero-order valence-electron chi connectivity index (χ0n) is 19.3. The molecule has 0 amide bonds. The van der Waals surface area contributed by atoms with Crippen LogP contribution in [0.2, 0.25) is 0 Å². The van der Waals surface area contributed by atoms with Crippen LogP contribution < -0.4 is 0 Å². The minimum atomic E-state index is -0.657. The van der Waals surface area contributed by atoms with Crippen molar-refractivity contribution in [3.05, 3.63) is 72.4 Å². The Balaban J connectivity index is 1.14. The molecule has 0 saturated heterocycles. The molecule has 7 heteroatoms. The molecule has 1 aromatic carbocycles. The maximum atomic E-state index is 13.7. The molecule has 0 spiro atoms. The lowest BCUT2D eigenvalue weighted by Gasteiger charge is -2.72. The topological polar surface area (TPSA) is 101 Å². The maximum Gasteiger partial charge on any atom is 0.309 e. The largest absolute Gasteiger partial charge is 0.481 e. The van der Waals surface area contributed by atoms with E-state index in [1.807, 2.05) is 48.9 Å². The van der Waals surface area contributed by atoms with Crippen molar-refractivity contribution < 1.29 is 14.7 Å². The molecule has 3 aromatic heterocycles. The number of hydrogen-bond donors (Lipinski definition) is 2. The van der Waals surface area contributed by atoms with E-state index in [1.165, 1.54) is 0 Å². The van der Waals surface area contributed by atoms with Crippen LogP contribution in [0.1, 0.15) is 54.6 Å². The second-order valence-electron chi connectivity index (χ2n) is 11.0. The number of carboxylic acids is 1. The molecule has 0 atom stereocenters. The number of H-pyrrole nitrogens is 1. The van der Waals surface area contributed by atoms with Crippen molar-refractivity contribution >= 4 is 22.7 Å². The Labute approximate surface area is 202 Å². The highest BCUT2D eigenvalue weighted by Gasteiger charge is 2.80. The summed E-state index contributed by atoms with van der Waals surface area (Å²) in [6.07, 6.45) is 12.4. The zero-order valence-corrected chi connectivity index (χ0v) is 19.3. The molecule has 7 nitrogen and oxygen atoms in total. The average molecular weight is 467 g/mol. The Morgan fingerprint density at radius 3 is 2.51 bits per heavy atom. The second-order valence-corrected chi connectivity index (χ2v) is 11.0. The highest BCUT2D eigenvalue weighted by atomic mass is 16.4. The van der Waals surface area contributed by atoms with Crippen molar-refractivity contribution in [1.82, 2.24) is 19.7 Å². The number of Topliss-reactive ketones (excluding diaryl/α,β-unsaturated/α-hetero) is 1. The number of benzene rings is 1. The quantitative estimate of drug-likeness (QED) is 0.353. The summed E-state index contributed by atoms with van der Waals surface area (Å²) in [6.45, 7) is 0.579. The van der Waals surface area contributed by atoms with E-state index in [2.05, 4.69) is 25.8 Å². The van der Waals surface area contributed by atoms with E-state index in [-0.39, 0.29) is 16.6 Å². The first-order valence-corrected chi connectivity index (χ1v) is 12.2. The molecule has 3 heterocycles. The predicted molar refractivity (Wildman–Crippen MR) is 130 cm³/mol. The number of pyridine rings is 1. The molecule has 2 N–H and O–H groups in total. The van der Waals surface area contributed by atoms with Gasteiger partial charge < -0.3 is 9.67 Å². The molecule has 0 radical (unpaired) electrons. The summed E-state index contributed by atoms with van der Waals surface area (Å²) < 4.78 is 2.11. The molecular formula is C28H26N4O3. The van der Waals surface area contributed by atoms with E-state index < -0.39 is 11.4 Å². The number of carboxylic acid groups (broad SMARTS) is 1. The van der Waals surface area contributed by atoms with Crippen molar-refractivity contribution in [3.8, 4) is 11.1 Å². The molecule has 4 aliphatic rings. The number of para-hydroxylation sites is 1. The first kappa shape index (κ1) is 20.6. The van der Waals surface area contributed by atoms with Crippen molar-refractivity contribution in [1.29, 1.82) is 0 Å². The fourth-order valence-electron chi connectivity index (χ4n) is 6.92. The van der Waals surface area contributed by atoms with Crippen LogP contribution in [0, 0.1) is 16.2 Å². The Bertz CT molecular complexity index is 1460. The normalized spacial score (nSPS) is 25.6. The molecule has 4 aromatic rings. The van der Waals surface area contributed by atoms with Crippen LogP contribution in [0.25, 0.3) is 22.0 Å². The Morgan fingerprint density at radius 1 is 1.03 bits per heavy atom. The first-order chi connectivity index (χ1) is 16.9. The van der Waals surface area contributed by atoms with Gasteiger partial charge in [-0.25, -0.2) is 0 Å². The Morgan fingerprint density at radius 2 is 1.86 bits per heavy atom. The second kappa shape index (κ2) is 6.90. The van der Waals surface area contributed by atoms with E-state index in [1.54, 1.807) is 6.20 Å². The van der Waals surface area contributed by atoms with Gasteiger partial charge in [0.2, 0.25) is 0 Å². The van der Waals surface area contributed by atoms with Crippen molar-refractivity contribution in [2.24, 2.45) is 16.2 Å². The van der Waals surface area contributed by atoms with Crippen molar-refractivity contribution in [2.45, 2.75) is 45.1 Å². The summed E-state index contributed by atoms with van der Waals surface area (Å²) >= 11 is 0. The number of aromatic amines is 1. The molecule has 0 unspecified atom stereocenters. The lowest BCUT2D eigenvalue weighted by molar-refractivity contribution is -0.248. The van der Waals surface area contributed by atoms with Gasteiger partial charge >= 0.3 is 5.97 Å². The van der Waals surface area contributed by atoms with Gasteiger partial charge in [0.1, 0.15) is 0 Å². The number of fused-ring (bicyclic) bond motifs is 1. The monoisotopic (exact) mass is 466 g/mol. The lowest BCUT2D eigenvalue weighted by atomic mass is 9.30. The van der Waals surface area contributed by atoms with Gasteiger partial charge in [0.15, 0.2) is 5.78 Å². The number of ketones is 1. The van der Waals surface area contributed by atoms with E-state index in [9.17, 15) is 14.7 Å². The summed E-state index contributed by atoms with van der Waals surface area (Å²) in [4.78, 5) is 29.9. The molecule has 35 heavy (non-hydrogen) atoms. The third kappa shape index (κ3) is 2.90. The van der Waals surface area contributed by atoms with Crippen LogP contribution in [0.15, 0.2) is 61.2 Å². The van der Waals surface area contributed by atoms with Gasteiger partial charge in [-0.3, -0.25) is 19.7 Å². The maximum absolute atomic E-state index is 13.7. The number of carbonyl (C=O) groups excluding carboxylic acids is 1. The number of carbonyl (C=O) groups is 2. The van der Waals surface area contributed by atoms with Gasteiger partial charge in [-0.05, 0) is 61.1 Å². The summed E-state index contributed by atoms with van der Waals surface area (Å²) in [7, 11) is 0. The van der Waals surface area contributed by atoms with Crippen LogP contribution in [-0.4, -0.2) is 36.6 Å². The van der Waals surface area contributed by atoms with Crippen LogP contribution in [0.5, 0.6) is 0 Å². The summed E-state index contributed by atoms with van der Waals surface area (Å²) in [6, 6.07) is 12.0. The number of hydrogen-bond acceptors (Lipinski definition) is 4. The molecule has 8 rings (SSSR count). The van der Waals surface area contributed by atoms with Crippen molar-refractivity contribution in [2.75, 3.05) is 0 Å². The standard InChI is InChI=1S/C28H26N4O3/c33-23(10-27(7-8-27)28-15-26(16-28,17-28)25(34)35)22-3-1-2-18-6-9-32(24(18)22)14-21-5-4-19(11-29-21)20-12-30-31-13-20/h1-6,9,11-13H,7-8,10,14-17H2,(H,30,31)(H,34,35). The zero-order chi connectivity index (χ0) is 23.8. The number of aromatic nitrogens is 4. The smallest absolute Gasteiger partial charge is 0.309 e. The van der Waals surface area contributed by atoms with Crippen LogP contribution in [-0.2, 0) is 11.3 Å². The SMILES string of the molecule is O=C(CC1(C23CC(C(=O)O)(C2)C3)CC1)c1cccc2ccn(Cc3ccc(-c4cn[nH]c4)cn3)c12. The highest BCUT2D eigenvalue weighted by molar-refractivity contribution is 6.07. The number of rotatable bonds is 8. The van der Waals surface area contributed by atoms with E-state index >= 15 is 0 Å². The molecule has 4 fully saturated rings. The summed E-state index contributed by atoms with van der Waals surface area (Å²) in [5.41, 5.74) is 4.22.